The number of ketones is 1. The molecule has 1 heterocycles. The number of ether oxygens (including phenoxy) is 4. The van der Waals surface area contributed by atoms with Crippen molar-refractivity contribution in [2.24, 2.45) is 23.7 Å². The molecule has 3 aliphatic rings. The van der Waals surface area contributed by atoms with Crippen LogP contribution in [0.15, 0.2) is 48.5 Å². The van der Waals surface area contributed by atoms with Gasteiger partial charge in [0.2, 0.25) is 0 Å². The van der Waals surface area contributed by atoms with E-state index >= 15 is 0 Å². The zero-order chi connectivity index (χ0) is 24.7. The van der Waals surface area contributed by atoms with Crippen LogP contribution in [-0.2, 0) is 30.3 Å². The molecule has 0 spiro atoms. The number of fused-ring (bicyclic) bond motifs is 1. The van der Waals surface area contributed by atoms with Gasteiger partial charge in [-0.15, -0.1) is 0 Å². The smallest absolute Gasteiger partial charge is 0.315 e. The van der Waals surface area contributed by atoms with Gasteiger partial charge in [0.15, 0.2) is 12.4 Å². The van der Waals surface area contributed by atoms with Crippen molar-refractivity contribution in [3.8, 4) is 11.5 Å². The van der Waals surface area contributed by atoms with Crippen molar-refractivity contribution < 1.29 is 38.1 Å². The molecule has 2 aromatic carbocycles. The lowest BCUT2D eigenvalue weighted by atomic mass is 9.80. The molecule has 5 rings (SSSR count). The van der Waals surface area contributed by atoms with Crippen LogP contribution >= 0.6 is 15.9 Å². The zero-order valence-corrected chi connectivity index (χ0v) is 20.4. The van der Waals surface area contributed by atoms with E-state index in [1.807, 2.05) is 0 Å². The van der Waals surface area contributed by atoms with Gasteiger partial charge in [-0.2, -0.15) is 0 Å². The summed E-state index contributed by atoms with van der Waals surface area (Å²) in [4.78, 5) is 49.6. The number of methoxy groups -OCH3 is 1. The average Bonchev–Trinajstić information content (AvgIpc) is 3.47. The Morgan fingerprint density at radius 2 is 1.69 bits per heavy atom. The maximum Gasteiger partial charge on any atom is 0.315 e. The lowest BCUT2D eigenvalue weighted by Crippen LogP contribution is -2.39. The Morgan fingerprint density at radius 3 is 2.37 bits per heavy atom. The Bertz CT molecular complexity index is 1160. The van der Waals surface area contributed by atoms with Gasteiger partial charge in [0, 0.05) is 11.5 Å². The van der Waals surface area contributed by atoms with Crippen LogP contribution in [-0.4, -0.2) is 48.3 Å². The van der Waals surface area contributed by atoms with Crippen LogP contribution in [0.4, 0.5) is 0 Å². The van der Waals surface area contributed by atoms with Crippen molar-refractivity contribution in [1.29, 1.82) is 0 Å². The maximum absolute atomic E-state index is 12.7. The number of carbonyl (C=O) groups excluding carboxylic acids is 4. The molecule has 0 radical (unpaired) electrons. The Labute approximate surface area is 210 Å². The van der Waals surface area contributed by atoms with Gasteiger partial charge in [-0.1, -0.05) is 28.1 Å². The van der Waals surface area contributed by atoms with Gasteiger partial charge < -0.3 is 18.9 Å². The number of carbonyl (C=O) groups is 4. The minimum Gasteiger partial charge on any atom is -0.497 e. The van der Waals surface area contributed by atoms with Gasteiger partial charge in [0.05, 0.1) is 30.2 Å². The molecule has 2 saturated carbocycles. The number of rotatable bonds is 8. The second-order valence-electron chi connectivity index (χ2n) is 9.02. The molecule has 0 N–H and O–H groups in total. The summed E-state index contributed by atoms with van der Waals surface area (Å²) < 4.78 is 21.1. The number of esters is 3. The third-order valence-electron chi connectivity index (χ3n) is 7.06. The summed E-state index contributed by atoms with van der Waals surface area (Å²) in [6.45, 7) is -0.429. The fourth-order valence-electron chi connectivity index (χ4n) is 5.40. The van der Waals surface area contributed by atoms with E-state index in [0.29, 0.717) is 17.1 Å². The third-order valence-corrected chi connectivity index (χ3v) is 8.26. The fraction of sp³-hybridized carbons (Fsp3) is 0.385. The van der Waals surface area contributed by atoms with E-state index in [1.54, 1.807) is 31.4 Å². The minimum atomic E-state index is -0.587. The highest BCUT2D eigenvalue weighted by Gasteiger charge is 2.68. The minimum absolute atomic E-state index is 0.0315. The van der Waals surface area contributed by atoms with Crippen molar-refractivity contribution in [3.05, 3.63) is 59.7 Å². The highest BCUT2D eigenvalue weighted by Crippen LogP contribution is 2.60. The Hall–Kier alpha value is -3.20. The van der Waals surface area contributed by atoms with Gasteiger partial charge >= 0.3 is 17.9 Å². The first kappa shape index (κ1) is 23.5. The molecule has 6 atom stereocenters. The topological polar surface area (TPSA) is 105 Å². The van der Waals surface area contributed by atoms with E-state index in [-0.39, 0.29) is 40.9 Å². The largest absolute Gasteiger partial charge is 0.497 e. The first-order valence-corrected chi connectivity index (χ1v) is 12.3. The molecule has 1 aliphatic heterocycles. The van der Waals surface area contributed by atoms with Crippen LogP contribution in [0.2, 0.25) is 0 Å². The standard InChI is InChI=1S/C26H23BrO8/c1-32-15-6-2-13(3-7-15)10-20(29)34-16-8-4-14(5-9-16)19(28)12-33-25(30)21-17-11-18-22(21)26(31)35-24(18)23(17)27/h2-9,17-18,21-24H,10-12H2,1H3/t17-,18-,21-,22+,23+,24+/m1/s1. The van der Waals surface area contributed by atoms with Crippen LogP contribution in [0.25, 0.3) is 0 Å². The summed E-state index contributed by atoms with van der Waals surface area (Å²) in [7, 11) is 1.57. The van der Waals surface area contributed by atoms with E-state index in [2.05, 4.69) is 15.9 Å². The molecule has 2 aromatic rings. The summed E-state index contributed by atoms with van der Waals surface area (Å²) in [6.07, 6.45) is 0.657. The summed E-state index contributed by atoms with van der Waals surface area (Å²) in [6, 6.07) is 13.1. The number of hydrogen-bond acceptors (Lipinski definition) is 8. The molecule has 0 unspecified atom stereocenters. The van der Waals surface area contributed by atoms with E-state index in [0.717, 1.165) is 12.0 Å². The normalized spacial score (nSPS) is 27.9. The second kappa shape index (κ2) is 9.45. The summed E-state index contributed by atoms with van der Waals surface area (Å²) in [5.74, 6) is -1.78. The second-order valence-corrected chi connectivity index (χ2v) is 10.1. The summed E-state index contributed by atoms with van der Waals surface area (Å²) in [5.41, 5.74) is 1.10. The molecular weight excluding hydrogens is 520 g/mol. The van der Waals surface area contributed by atoms with Gasteiger partial charge in [-0.3, -0.25) is 19.2 Å². The number of halogens is 1. The molecule has 9 heteroatoms. The quantitative estimate of drug-likeness (QED) is 0.217. The third kappa shape index (κ3) is 4.45. The molecule has 182 valence electrons. The fourth-order valence-corrected chi connectivity index (χ4v) is 6.44. The predicted octanol–water partition coefficient (Wildman–Crippen LogP) is 3.14. The van der Waals surface area contributed by atoms with Crippen LogP contribution < -0.4 is 9.47 Å². The van der Waals surface area contributed by atoms with Gasteiger partial charge in [-0.05, 0) is 54.3 Å². The molecule has 3 fully saturated rings. The predicted molar refractivity (Wildman–Crippen MR) is 125 cm³/mol. The van der Waals surface area contributed by atoms with E-state index in [1.165, 1.54) is 24.3 Å². The molecule has 2 aliphatic carbocycles. The average molecular weight is 543 g/mol. The van der Waals surface area contributed by atoms with Crippen LogP contribution in [0.3, 0.4) is 0 Å². The van der Waals surface area contributed by atoms with Crippen molar-refractivity contribution in [2.45, 2.75) is 23.8 Å². The van der Waals surface area contributed by atoms with Crippen LogP contribution in [0.1, 0.15) is 22.3 Å². The lowest BCUT2D eigenvalue weighted by molar-refractivity contribution is -0.154. The Kier molecular flexibility index (Phi) is 6.35. The highest BCUT2D eigenvalue weighted by atomic mass is 79.9. The molecule has 8 nitrogen and oxygen atoms in total. The molecule has 35 heavy (non-hydrogen) atoms. The Balaban J connectivity index is 1.13. The lowest BCUT2D eigenvalue weighted by Gasteiger charge is -2.26. The monoisotopic (exact) mass is 542 g/mol. The maximum atomic E-state index is 12.7. The zero-order valence-electron chi connectivity index (χ0n) is 18.8. The molecule has 0 amide bonds. The molecule has 1 saturated heterocycles. The van der Waals surface area contributed by atoms with Gasteiger partial charge in [-0.25, -0.2) is 0 Å². The van der Waals surface area contributed by atoms with Crippen LogP contribution in [0.5, 0.6) is 11.5 Å². The van der Waals surface area contributed by atoms with E-state index in [9.17, 15) is 19.2 Å². The SMILES string of the molecule is COc1ccc(CC(=O)Oc2ccc(C(=O)COC(=O)[C@@H]3[C@H]4C[C@H]5[C@H](OC(=O)[C@@H]53)[C@H]4Br)cc2)cc1. The molecule has 0 aromatic heterocycles. The van der Waals surface area contributed by atoms with Gasteiger partial charge in [0.1, 0.15) is 17.6 Å². The van der Waals surface area contributed by atoms with Crippen molar-refractivity contribution in [3.63, 3.8) is 0 Å². The number of hydrogen-bond donors (Lipinski definition) is 0. The first-order valence-electron chi connectivity index (χ1n) is 11.3. The first-order chi connectivity index (χ1) is 16.9. The van der Waals surface area contributed by atoms with Crippen molar-refractivity contribution in [1.82, 2.24) is 0 Å². The molecular formula is C26H23BrO8. The summed E-state index contributed by atoms with van der Waals surface area (Å²) >= 11 is 3.56. The number of benzene rings is 2. The number of Topliss-reactive ketones (excluding diaryl/α,β-unsaturated/α-hetero) is 1. The van der Waals surface area contributed by atoms with Gasteiger partial charge in [0.25, 0.3) is 0 Å². The van der Waals surface area contributed by atoms with E-state index in [4.69, 9.17) is 18.9 Å². The Morgan fingerprint density at radius 1 is 1.00 bits per heavy atom. The number of alkyl halides is 1. The van der Waals surface area contributed by atoms with Crippen LogP contribution in [0, 0.1) is 23.7 Å². The molecule has 2 bridgehead atoms. The van der Waals surface area contributed by atoms with E-state index < -0.39 is 30.4 Å². The highest BCUT2D eigenvalue weighted by molar-refractivity contribution is 9.09. The van der Waals surface area contributed by atoms with Crippen molar-refractivity contribution >= 4 is 39.6 Å². The summed E-state index contributed by atoms with van der Waals surface area (Å²) in [5, 5.41) is 0. The van der Waals surface area contributed by atoms with Crippen molar-refractivity contribution in [2.75, 3.05) is 13.7 Å².